The Hall–Kier alpha value is -2.18. The van der Waals surface area contributed by atoms with Gasteiger partial charge in [0.15, 0.2) is 0 Å². The minimum atomic E-state index is -0.850. The van der Waals surface area contributed by atoms with Gasteiger partial charge < -0.3 is 15.7 Å². The quantitative estimate of drug-likeness (QED) is 0.674. The minimum Gasteiger partial charge on any atom is -0.481 e. The highest BCUT2D eigenvalue weighted by Gasteiger charge is 2.07. The van der Waals surface area contributed by atoms with Gasteiger partial charge in [0.1, 0.15) is 11.6 Å². The van der Waals surface area contributed by atoms with E-state index >= 15 is 0 Å². The zero-order valence-electron chi connectivity index (χ0n) is 10.8. The van der Waals surface area contributed by atoms with Crippen LogP contribution in [-0.4, -0.2) is 23.7 Å². The summed E-state index contributed by atoms with van der Waals surface area (Å²) in [6, 6.07) is 2.15. The average molecular weight is 286 g/mol. The van der Waals surface area contributed by atoms with E-state index in [9.17, 15) is 18.4 Å². The third kappa shape index (κ3) is 6.12. The van der Waals surface area contributed by atoms with E-state index in [1.54, 1.807) is 0 Å². The SMILES string of the molecule is O=C(O)CCCCCNC(=O)Nc1cc(F)ccc1F. The highest BCUT2D eigenvalue weighted by Crippen LogP contribution is 2.14. The summed E-state index contributed by atoms with van der Waals surface area (Å²) in [6.07, 6.45) is 1.92. The van der Waals surface area contributed by atoms with Crippen molar-refractivity contribution in [2.75, 3.05) is 11.9 Å². The van der Waals surface area contributed by atoms with Crippen LogP contribution < -0.4 is 10.6 Å². The third-order valence-corrected chi connectivity index (χ3v) is 2.53. The van der Waals surface area contributed by atoms with Gasteiger partial charge in [-0.3, -0.25) is 4.79 Å². The summed E-state index contributed by atoms with van der Waals surface area (Å²) in [5.74, 6) is -2.21. The standard InChI is InChI=1S/C13H16F2N2O3/c14-9-5-6-10(15)11(8-9)17-13(20)16-7-3-1-2-4-12(18)19/h5-6,8H,1-4,7H2,(H,18,19)(H2,16,17,20). The second kappa shape index (κ2) is 8.08. The first kappa shape index (κ1) is 15.9. The fourth-order valence-electron chi connectivity index (χ4n) is 1.54. The van der Waals surface area contributed by atoms with E-state index in [4.69, 9.17) is 5.11 Å². The summed E-state index contributed by atoms with van der Waals surface area (Å²) in [6.45, 7) is 0.336. The van der Waals surface area contributed by atoms with E-state index < -0.39 is 23.6 Å². The number of carbonyl (C=O) groups is 2. The Morgan fingerprint density at radius 1 is 1.15 bits per heavy atom. The Morgan fingerprint density at radius 3 is 2.60 bits per heavy atom. The lowest BCUT2D eigenvalue weighted by atomic mass is 10.2. The molecule has 0 aromatic heterocycles. The Bertz CT molecular complexity index is 481. The van der Waals surface area contributed by atoms with Crippen molar-refractivity contribution in [3.05, 3.63) is 29.8 Å². The van der Waals surface area contributed by atoms with Crippen LogP contribution in [0.3, 0.4) is 0 Å². The number of hydrogen-bond acceptors (Lipinski definition) is 2. The van der Waals surface area contributed by atoms with E-state index in [0.717, 1.165) is 18.2 Å². The molecule has 5 nitrogen and oxygen atoms in total. The summed E-state index contributed by atoms with van der Waals surface area (Å²) < 4.78 is 26.1. The number of unbranched alkanes of at least 4 members (excludes halogenated alkanes) is 2. The second-order valence-corrected chi connectivity index (χ2v) is 4.21. The lowest BCUT2D eigenvalue weighted by Crippen LogP contribution is -2.29. The number of carboxylic acids is 1. The topological polar surface area (TPSA) is 78.4 Å². The van der Waals surface area contributed by atoms with Crippen molar-refractivity contribution in [2.45, 2.75) is 25.7 Å². The molecule has 1 aromatic carbocycles. The number of halogens is 2. The molecule has 0 aliphatic heterocycles. The number of rotatable bonds is 7. The van der Waals surface area contributed by atoms with Gasteiger partial charge in [-0.1, -0.05) is 6.42 Å². The number of carbonyl (C=O) groups excluding carboxylic acids is 1. The minimum absolute atomic E-state index is 0.0979. The van der Waals surface area contributed by atoms with Crippen LogP contribution in [0.25, 0.3) is 0 Å². The molecule has 0 bridgehead atoms. The molecule has 0 heterocycles. The summed E-state index contributed by atoms with van der Waals surface area (Å²) in [7, 11) is 0. The molecular weight excluding hydrogens is 270 g/mol. The summed E-state index contributed by atoms with van der Waals surface area (Å²) in [4.78, 5) is 21.7. The van der Waals surface area contributed by atoms with Gasteiger partial charge in [0.05, 0.1) is 5.69 Å². The fraction of sp³-hybridized carbons (Fsp3) is 0.385. The number of nitrogens with one attached hydrogen (secondary N) is 2. The van der Waals surface area contributed by atoms with Crippen molar-refractivity contribution < 1.29 is 23.5 Å². The number of benzene rings is 1. The van der Waals surface area contributed by atoms with Gasteiger partial charge in [-0.15, -0.1) is 0 Å². The summed E-state index contributed by atoms with van der Waals surface area (Å²) in [5, 5.41) is 13.1. The predicted octanol–water partition coefficient (Wildman–Crippen LogP) is 2.73. The monoisotopic (exact) mass is 286 g/mol. The van der Waals surface area contributed by atoms with Gasteiger partial charge in [-0.2, -0.15) is 0 Å². The van der Waals surface area contributed by atoms with E-state index in [1.165, 1.54) is 0 Å². The van der Waals surface area contributed by atoms with Crippen molar-refractivity contribution >= 4 is 17.7 Å². The van der Waals surface area contributed by atoms with Gasteiger partial charge in [0.2, 0.25) is 0 Å². The molecular formula is C13H16F2N2O3. The number of hydrogen-bond donors (Lipinski definition) is 3. The molecule has 7 heteroatoms. The van der Waals surface area contributed by atoms with E-state index in [1.807, 2.05) is 0 Å². The highest BCUT2D eigenvalue weighted by atomic mass is 19.1. The van der Waals surface area contributed by atoms with Gasteiger partial charge in [0, 0.05) is 19.0 Å². The maximum absolute atomic E-state index is 13.2. The van der Waals surface area contributed by atoms with Crippen LogP contribution in [-0.2, 0) is 4.79 Å². The van der Waals surface area contributed by atoms with Crippen LogP contribution in [0.1, 0.15) is 25.7 Å². The molecule has 0 spiro atoms. The molecule has 0 saturated heterocycles. The van der Waals surface area contributed by atoms with Crippen LogP contribution in [0.4, 0.5) is 19.3 Å². The Morgan fingerprint density at radius 2 is 1.90 bits per heavy atom. The molecule has 0 radical (unpaired) electrons. The summed E-state index contributed by atoms with van der Waals surface area (Å²) >= 11 is 0. The van der Waals surface area contributed by atoms with E-state index in [-0.39, 0.29) is 12.1 Å². The molecule has 0 atom stereocenters. The Balaban J connectivity index is 2.23. The van der Waals surface area contributed by atoms with Crippen molar-refractivity contribution in [1.82, 2.24) is 5.32 Å². The second-order valence-electron chi connectivity index (χ2n) is 4.21. The first-order valence-electron chi connectivity index (χ1n) is 6.20. The van der Waals surface area contributed by atoms with Crippen LogP contribution in [0.5, 0.6) is 0 Å². The maximum Gasteiger partial charge on any atom is 0.319 e. The van der Waals surface area contributed by atoms with Crippen LogP contribution >= 0.6 is 0 Å². The molecule has 2 amide bonds. The Kier molecular flexibility index (Phi) is 6.42. The molecule has 0 aliphatic rings. The maximum atomic E-state index is 13.2. The van der Waals surface area contributed by atoms with Crippen LogP contribution in [0, 0.1) is 11.6 Å². The smallest absolute Gasteiger partial charge is 0.319 e. The number of anilines is 1. The molecule has 0 aliphatic carbocycles. The molecule has 0 unspecified atom stereocenters. The molecule has 1 rings (SSSR count). The van der Waals surface area contributed by atoms with Crippen molar-refractivity contribution in [3.63, 3.8) is 0 Å². The highest BCUT2D eigenvalue weighted by molar-refractivity contribution is 5.89. The Labute approximate surface area is 115 Å². The first-order valence-corrected chi connectivity index (χ1v) is 6.20. The molecule has 20 heavy (non-hydrogen) atoms. The lowest BCUT2D eigenvalue weighted by Gasteiger charge is -2.08. The number of amides is 2. The van der Waals surface area contributed by atoms with Crippen molar-refractivity contribution in [2.24, 2.45) is 0 Å². The van der Waals surface area contributed by atoms with Gasteiger partial charge >= 0.3 is 12.0 Å². The van der Waals surface area contributed by atoms with E-state index in [0.29, 0.717) is 25.8 Å². The van der Waals surface area contributed by atoms with Crippen molar-refractivity contribution in [3.8, 4) is 0 Å². The van der Waals surface area contributed by atoms with Crippen LogP contribution in [0.2, 0.25) is 0 Å². The molecule has 110 valence electrons. The van der Waals surface area contributed by atoms with E-state index in [2.05, 4.69) is 10.6 Å². The van der Waals surface area contributed by atoms with Crippen LogP contribution in [0.15, 0.2) is 18.2 Å². The molecule has 0 saturated carbocycles. The lowest BCUT2D eigenvalue weighted by molar-refractivity contribution is -0.137. The van der Waals surface area contributed by atoms with Crippen molar-refractivity contribution in [1.29, 1.82) is 0 Å². The largest absolute Gasteiger partial charge is 0.481 e. The summed E-state index contributed by atoms with van der Waals surface area (Å²) in [5.41, 5.74) is -0.228. The predicted molar refractivity (Wildman–Crippen MR) is 69.5 cm³/mol. The van der Waals surface area contributed by atoms with Gasteiger partial charge in [-0.25, -0.2) is 13.6 Å². The number of aliphatic carboxylic acids is 1. The van der Waals surface area contributed by atoms with Gasteiger partial charge in [0.25, 0.3) is 0 Å². The zero-order chi connectivity index (χ0) is 15.0. The first-order chi connectivity index (χ1) is 9.49. The van der Waals surface area contributed by atoms with Gasteiger partial charge in [-0.05, 0) is 25.0 Å². The zero-order valence-corrected chi connectivity index (χ0v) is 10.8. The normalized spacial score (nSPS) is 10.1. The number of carboxylic acid groups (broad SMARTS) is 1. The fourth-order valence-corrected chi connectivity index (χ4v) is 1.54. The molecule has 0 fully saturated rings. The molecule has 3 N–H and O–H groups in total. The third-order valence-electron chi connectivity index (χ3n) is 2.53. The number of urea groups is 1. The average Bonchev–Trinajstić information content (AvgIpc) is 2.37. The molecule has 1 aromatic rings.